The molecule has 2 aromatic rings. The molecule has 0 unspecified atom stereocenters. The van der Waals surface area contributed by atoms with Crippen molar-refractivity contribution in [3.63, 3.8) is 0 Å². The van der Waals surface area contributed by atoms with E-state index in [1.807, 2.05) is 39.0 Å². The molecule has 6 nitrogen and oxygen atoms in total. The molecule has 1 aliphatic heterocycles. The van der Waals surface area contributed by atoms with Crippen LogP contribution in [0.15, 0.2) is 54.6 Å². The molecule has 160 valence electrons. The number of hydrogen-bond acceptors (Lipinski definition) is 4. The number of esters is 1. The molecular formula is C24H31N3O3. The summed E-state index contributed by atoms with van der Waals surface area (Å²) in [4.78, 5) is 28.8. The largest absolute Gasteiger partial charge is 0.467 e. The van der Waals surface area contributed by atoms with Gasteiger partial charge < -0.3 is 19.9 Å². The number of carbonyl (C=O) groups is 2. The number of urea groups is 1. The van der Waals surface area contributed by atoms with Crippen LogP contribution in [0, 0.1) is 5.41 Å². The number of carbonyl (C=O) groups excluding carboxylic acids is 2. The molecule has 1 aliphatic rings. The first kappa shape index (κ1) is 21.7. The van der Waals surface area contributed by atoms with E-state index in [1.165, 1.54) is 18.2 Å². The Kier molecular flexibility index (Phi) is 6.65. The van der Waals surface area contributed by atoms with Gasteiger partial charge in [0.05, 0.1) is 7.11 Å². The number of piperazine rings is 1. The first-order valence-electron chi connectivity index (χ1n) is 10.3. The van der Waals surface area contributed by atoms with Crippen LogP contribution in [-0.4, -0.2) is 56.2 Å². The van der Waals surface area contributed by atoms with Gasteiger partial charge in [0.2, 0.25) is 0 Å². The Morgan fingerprint density at radius 1 is 0.900 bits per heavy atom. The molecule has 6 heteroatoms. The zero-order valence-electron chi connectivity index (χ0n) is 18.2. The van der Waals surface area contributed by atoms with Crippen LogP contribution < -0.4 is 10.2 Å². The van der Waals surface area contributed by atoms with Crippen LogP contribution in [0.4, 0.5) is 10.5 Å². The third kappa shape index (κ3) is 5.12. The minimum Gasteiger partial charge on any atom is -0.467 e. The highest BCUT2D eigenvalue weighted by Gasteiger charge is 2.35. The zero-order valence-corrected chi connectivity index (χ0v) is 18.2. The molecule has 1 N–H and O–H groups in total. The number of benzene rings is 2. The highest BCUT2D eigenvalue weighted by molar-refractivity contribution is 5.84. The summed E-state index contributed by atoms with van der Waals surface area (Å²) < 4.78 is 4.86. The second-order valence-electron chi connectivity index (χ2n) is 8.66. The molecule has 1 fully saturated rings. The summed E-state index contributed by atoms with van der Waals surface area (Å²) in [5.41, 5.74) is 3.11. The summed E-state index contributed by atoms with van der Waals surface area (Å²) in [6.07, 6.45) is 0. The molecule has 0 aromatic heterocycles. The molecule has 3 rings (SSSR count). The maximum atomic E-state index is 12.7. The summed E-state index contributed by atoms with van der Waals surface area (Å²) in [5, 5.41) is 2.85. The van der Waals surface area contributed by atoms with Gasteiger partial charge in [0.1, 0.15) is 6.04 Å². The fraction of sp³-hybridized carbons (Fsp3) is 0.417. The van der Waals surface area contributed by atoms with Gasteiger partial charge in [0.15, 0.2) is 0 Å². The van der Waals surface area contributed by atoms with E-state index in [4.69, 9.17) is 4.74 Å². The number of nitrogens with zero attached hydrogens (tertiary/aromatic N) is 2. The summed E-state index contributed by atoms with van der Waals surface area (Å²) in [5.74, 6) is -0.423. The normalized spacial score (nSPS) is 15.5. The Labute approximate surface area is 178 Å². The quantitative estimate of drug-likeness (QED) is 0.781. The van der Waals surface area contributed by atoms with E-state index in [0.29, 0.717) is 13.1 Å². The first-order valence-corrected chi connectivity index (χ1v) is 10.3. The SMILES string of the molecule is COC(=O)[C@@H](NC(=O)N1CCN(c2ccc(-c3ccccc3)cc2)CC1)C(C)(C)C. The third-order valence-electron chi connectivity index (χ3n) is 5.48. The van der Waals surface area contributed by atoms with E-state index < -0.39 is 17.4 Å². The van der Waals surface area contributed by atoms with E-state index in [9.17, 15) is 9.59 Å². The lowest BCUT2D eigenvalue weighted by molar-refractivity contribution is -0.145. The van der Waals surface area contributed by atoms with Gasteiger partial charge in [-0.25, -0.2) is 9.59 Å². The van der Waals surface area contributed by atoms with Crippen LogP contribution in [0.2, 0.25) is 0 Å². The molecule has 2 aromatic carbocycles. The first-order chi connectivity index (χ1) is 14.3. The molecule has 0 spiro atoms. The second kappa shape index (κ2) is 9.20. The molecule has 0 aliphatic carbocycles. The molecule has 0 radical (unpaired) electrons. The maximum Gasteiger partial charge on any atom is 0.328 e. The summed E-state index contributed by atoms with van der Waals surface area (Å²) in [6, 6.07) is 17.9. The smallest absolute Gasteiger partial charge is 0.328 e. The number of amides is 2. The van der Waals surface area contributed by atoms with E-state index in [1.54, 1.807) is 4.90 Å². The van der Waals surface area contributed by atoms with E-state index >= 15 is 0 Å². The van der Waals surface area contributed by atoms with E-state index in [0.717, 1.165) is 18.8 Å². The lowest BCUT2D eigenvalue weighted by Gasteiger charge is -2.38. The van der Waals surface area contributed by atoms with Crippen LogP contribution >= 0.6 is 0 Å². The standard InChI is InChI=1S/C24H31N3O3/c1-24(2,3)21(22(28)30-4)25-23(29)27-16-14-26(15-17-27)20-12-10-19(11-13-20)18-8-6-5-7-9-18/h5-13,21H,14-17H2,1-4H3,(H,25,29)/t21-/m1/s1. The molecule has 1 saturated heterocycles. The van der Waals surface area contributed by atoms with Crippen molar-refractivity contribution in [3.8, 4) is 11.1 Å². The van der Waals surface area contributed by atoms with Gasteiger partial charge >= 0.3 is 12.0 Å². The number of anilines is 1. The minimum atomic E-state index is -0.682. The Morgan fingerprint density at radius 2 is 1.47 bits per heavy atom. The lowest BCUT2D eigenvalue weighted by atomic mass is 9.87. The van der Waals surface area contributed by atoms with Crippen LogP contribution in [0.25, 0.3) is 11.1 Å². The summed E-state index contributed by atoms with van der Waals surface area (Å²) >= 11 is 0. The second-order valence-corrected chi connectivity index (χ2v) is 8.66. The van der Waals surface area contributed by atoms with Gasteiger partial charge in [-0.05, 0) is 28.7 Å². The molecular weight excluding hydrogens is 378 g/mol. The Balaban J connectivity index is 1.58. The Hall–Kier alpha value is -3.02. The fourth-order valence-electron chi connectivity index (χ4n) is 3.62. The molecule has 1 heterocycles. The highest BCUT2D eigenvalue weighted by atomic mass is 16.5. The van der Waals surface area contributed by atoms with E-state index in [2.05, 4.69) is 46.6 Å². The van der Waals surface area contributed by atoms with Gasteiger partial charge in [-0.3, -0.25) is 0 Å². The Bertz CT molecular complexity index is 852. The van der Waals surface area contributed by atoms with Gasteiger partial charge in [-0.2, -0.15) is 0 Å². The molecule has 0 saturated carbocycles. The van der Waals surface area contributed by atoms with Crippen LogP contribution in [-0.2, 0) is 9.53 Å². The van der Waals surface area contributed by atoms with Crippen molar-refractivity contribution < 1.29 is 14.3 Å². The van der Waals surface area contributed by atoms with Crippen molar-refractivity contribution in [3.05, 3.63) is 54.6 Å². The van der Waals surface area contributed by atoms with Crippen molar-refractivity contribution in [1.29, 1.82) is 0 Å². The average Bonchev–Trinajstić information content (AvgIpc) is 2.77. The molecule has 1 atom stereocenters. The van der Waals surface area contributed by atoms with Gasteiger partial charge in [-0.1, -0.05) is 63.2 Å². The van der Waals surface area contributed by atoms with Crippen LogP contribution in [0.1, 0.15) is 20.8 Å². The molecule has 2 amide bonds. The average molecular weight is 410 g/mol. The Morgan fingerprint density at radius 3 is 2.00 bits per heavy atom. The maximum absolute atomic E-state index is 12.7. The van der Waals surface area contributed by atoms with Crippen molar-refractivity contribution >= 4 is 17.7 Å². The number of ether oxygens (including phenoxy) is 1. The van der Waals surface area contributed by atoms with E-state index in [-0.39, 0.29) is 6.03 Å². The highest BCUT2D eigenvalue weighted by Crippen LogP contribution is 2.24. The van der Waals surface area contributed by atoms with Gasteiger partial charge in [0.25, 0.3) is 0 Å². The topological polar surface area (TPSA) is 61.9 Å². The number of hydrogen-bond donors (Lipinski definition) is 1. The number of rotatable bonds is 4. The zero-order chi connectivity index (χ0) is 21.7. The predicted octanol–water partition coefficient (Wildman–Crippen LogP) is 3.77. The predicted molar refractivity (Wildman–Crippen MR) is 119 cm³/mol. The van der Waals surface area contributed by atoms with Crippen LogP contribution in [0.5, 0.6) is 0 Å². The fourth-order valence-corrected chi connectivity index (χ4v) is 3.62. The lowest BCUT2D eigenvalue weighted by Crippen LogP contribution is -2.57. The molecule has 0 bridgehead atoms. The monoisotopic (exact) mass is 409 g/mol. The number of methoxy groups -OCH3 is 1. The van der Waals surface area contributed by atoms with Crippen molar-refractivity contribution in [2.75, 3.05) is 38.2 Å². The summed E-state index contributed by atoms with van der Waals surface area (Å²) in [6.45, 7) is 8.42. The summed E-state index contributed by atoms with van der Waals surface area (Å²) in [7, 11) is 1.34. The van der Waals surface area contributed by atoms with Crippen LogP contribution in [0.3, 0.4) is 0 Å². The van der Waals surface area contributed by atoms with Gasteiger partial charge in [-0.15, -0.1) is 0 Å². The van der Waals surface area contributed by atoms with Crippen molar-refractivity contribution in [1.82, 2.24) is 10.2 Å². The number of nitrogens with one attached hydrogen (secondary N) is 1. The molecule has 30 heavy (non-hydrogen) atoms. The third-order valence-corrected chi connectivity index (χ3v) is 5.48. The van der Waals surface area contributed by atoms with Crippen molar-refractivity contribution in [2.24, 2.45) is 5.41 Å². The minimum absolute atomic E-state index is 0.223. The van der Waals surface area contributed by atoms with Crippen molar-refractivity contribution in [2.45, 2.75) is 26.8 Å². The van der Waals surface area contributed by atoms with Gasteiger partial charge in [0, 0.05) is 31.9 Å².